The Hall–Kier alpha value is 0.400. The van der Waals surface area contributed by atoms with E-state index in [0.717, 1.165) is 12.8 Å². The predicted molar refractivity (Wildman–Crippen MR) is 90.0 cm³/mol. The first-order valence-electron chi connectivity index (χ1n) is 6.28. The third-order valence-corrected chi connectivity index (χ3v) is 8.68. The lowest BCUT2D eigenvalue weighted by atomic mass is 10.0. The van der Waals surface area contributed by atoms with Gasteiger partial charge in [-0.1, -0.05) is 13.8 Å². The molecule has 0 aliphatic heterocycles. The smallest absolute Gasteiger partial charge is 0.242 e. The van der Waals surface area contributed by atoms with Crippen LogP contribution in [0.5, 0.6) is 0 Å². The Morgan fingerprint density at radius 3 is 2.45 bits per heavy atom. The van der Waals surface area contributed by atoms with Gasteiger partial charge in [0.05, 0.1) is 10.4 Å². The Balaban J connectivity index is 2.92. The van der Waals surface area contributed by atoms with Crippen LogP contribution in [-0.2, 0) is 16.6 Å². The van der Waals surface area contributed by atoms with Crippen LogP contribution in [0, 0.1) is 0 Å². The highest BCUT2D eigenvalue weighted by atomic mass is 79.9. The summed E-state index contributed by atoms with van der Waals surface area (Å²) < 4.78 is 27.8. The van der Waals surface area contributed by atoms with Crippen molar-refractivity contribution in [3.05, 3.63) is 14.7 Å². The number of hydrogen-bond acceptors (Lipinski definition) is 5. The molecule has 1 aromatic heterocycles. The number of nitrogens with one attached hydrogen (secondary N) is 1. The van der Waals surface area contributed by atoms with Crippen LogP contribution in [0.4, 0.5) is 0 Å². The molecule has 0 radical (unpaired) electrons. The van der Waals surface area contributed by atoms with E-state index >= 15 is 0 Å². The monoisotopic (exact) mass is 401 g/mol. The Bertz CT molecular complexity index is 530. The van der Waals surface area contributed by atoms with Crippen LogP contribution in [0.3, 0.4) is 0 Å². The maximum Gasteiger partial charge on any atom is 0.242 e. The van der Waals surface area contributed by atoms with Crippen molar-refractivity contribution in [3.8, 4) is 0 Å². The van der Waals surface area contributed by atoms with Crippen molar-refractivity contribution in [2.24, 2.45) is 0 Å². The van der Waals surface area contributed by atoms with Crippen molar-refractivity contribution in [1.82, 2.24) is 4.72 Å². The maximum absolute atomic E-state index is 12.4. The highest BCUT2D eigenvalue weighted by Crippen LogP contribution is 2.33. The van der Waals surface area contributed by atoms with Crippen molar-refractivity contribution >= 4 is 49.1 Å². The third kappa shape index (κ3) is 4.20. The summed E-state index contributed by atoms with van der Waals surface area (Å²) in [5.74, 6) is 0. The van der Waals surface area contributed by atoms with E-state index in [1.165, 1.54) is 17.4 Å². The number of sulfonamides is 1. The number of aliphatic hydroxyl groups is 1. The second kappa shape index (κ2) is 7.60. The molecule has 0 amide bonds. The van der Waals surface area contributed by atoms with Crippen LogP contribution in [0.25, 0.3) is 0 Å². The molecule has 0 aliphatic carbocycles. The van der Waals surface area contributed by atoms with Crippen molar-refractivity contribution in [2.45, 2.75) is 42.9 Å². The summed E-state index contributed by atoms with van der Waals surface area (Å²) in [6.45, 7) is 4.38. The molecule has 1 rings (SSSR count). The van der Waals surface area contributed by atoms with E-state index in [2.05, 4.69) is 34.5 Å². The van der Waals surface area contributed by atoms with Crippen LogP contribution in [0.2, 0.25) is 0 Å². The van der Waals surface area contributed by atoms with Gasteiger partial charge < -0.3 is 5.11 Å². The zero-order valence-electron chi connectivity index (χ0n) is 11.8. The second-order valence-electron chi connectivity index (χ2n) is 4.43. The van der Waals surface area contributed by atoms with Crippen molar-refractivity contribution in [1.29, 1.82) is 0 Å². The molecular formula is C12H20BrNO3S3. The molecule has 0 saturated heterocycles. The number of halogens is 1. The van der Waals surface area contributed by atoms with Crippen molar-refractivity contribution in [3.63, 3.8) is 0 Å². The summed E-state index contributed by atoms with van der Waals surface area (Å²) in [5, 5.41) is 9.09. The van der Waals surface area contributed by atoms with E-state index in [4.69, 9.17) is 5.11 Å². The Labute approximate surface area is 137 Å². The molecule has 4 nitrogen and oxygen atoms in total. The molecule has 0 unspecified atom stereocenters. The number of hydrogen-bond donors (Lipinski definition) is 2. The quantitative estimate of drug-likeness (QED) is 0.701. The summed E-state index contributed by atoms with van der Waals surface area (Å²) in [5.41, 5.74) is 0. The summed E-state index contributed by atoms with van der Waals surface area (Å²) in [7, 11) is -3.55. The van der Waals surface area contributed by atoms with Gasteiger partial charge in [0.1, 0.15) is 4.90 Å². The largest absolute Gasteiger partial charge is 0.391 e. The van der Waals surface area contributed by atoms with E-state index in [0.29, 0.717) is 15.2 Å². The second-order valence-corrected chi connectivity index (χ2v) is 9.89. The van der Waals surface area contributed by atoms with Crippen LogP contribution >= 0.6 is 39.0 Å². The number of thioether (sulfide) groups is 1. The lowest BCUT2D eigenvalue weighted by Gasteiger charge is -2.29. The minimum absolute atomic E-state index is 0.0740. The normalized spacial score (nSPS) is 12.8. The first-order chi connectivity index (χ1) is 9.34. The van der Waals surface area contributed by atoms with Gasteiger partial charge in [0.2, 0.25) is 10.0 Å². The molecule has 0 atom stereocenters. The summed E-state index contributed by atoms with van der Waals surface area (Å²) in [6.07, 6.45) is 3.81. The summed E-state index contributed by atoms with van der Waals surface area (Å²) >= 11 is 6.17. The molecule has 116 valence electrons. The van der Waals surface area contributed by atoms with Gasteiger partial charge in [0.15, 0.2) is 0 Å². The zero-order chi connectivity index (χ0) is 15.4. The van der Waals surface area contributed by atoms with Crippen LogP contribution in [0.1, 0.15) is 31.6 Å². The van der Waals surface area contributed by atoms with Gasteiger partial charge in [0.25, 0.3) is 0 Å². The van der Waals surface area contributed by atoms with E-state index in [1.54, 1.807) is 11.8 Å². The van der Waals surface area contributed by atoms with Crippen LogP contribution in [-0.4, -0.2) is 31.1 Å². The van der Waals surface area contributed by atoms with Crippen molar-refractivity contribution < 1.29 is 13.5 Å². The molecule has 0 spiro atoms. The summed E-state index contributed by atoms with van der Waals surface area (Å²) in [6, 6.07) is 1.51. The van der Waals surface area contributed by atoms with Gasteiger partial charge in [0, 0.05) is 16.2 Å². The van der Waals surface area contributed by atoms with E-state index in [-0.39, 0.29) is 16.2 Å². The van der Waals surface area contributed by atoms with Crippen molar-refractivity contribution in [2.75, 3.05) is 12.8 Å². The fourth-order valence-electron chi connectivity index (χ4n) is 1.82. The molecule has 20 heavy (non-hydrogen) atoms. The Morgan fingerprint density at radius 1 is 1.45 bits per heavy atom. The Kier molecular flexibility index (Phi) is 7.01. The predicted octanol–water partition coefficient (Wildman–Crippen LogP) is 3.20. The topological polar surface area (TPSA) is 66.4 Å². The average Bonchev–Trinajstić information content (AvgIpc) is 2.83. The molecule has 0 fully saturated rings. The molecule has 0 bridgehead atoms. The highest BCUT2D eigenvalue weighted by Gasteiger charge is 2.29. The third-order valence-electron chi connectivity index (χ3n) is 3.46. The SMILES string of the molecule is CCC(CC)(CNS(=O)(=O)c1cc(CO)sc1Br)SC. The molecule has 2 N–H and O–H groups in total. The Morgan fingerprint density at radius 2 is 2.05 bits per heavy atom. The zero-order valence-corrected chi connectivity index (χ0v) is 15.8. The van der Waals surface area contributed by atoms with Gasteiger partial charge >= 0.3 is 0 Å². The van der Waals surface area contributed by atoms with Gasteiger partial charge in [-0.05, 0) is 41.1 Å². The first-order valence-corrected chi connectivity index (χ1v) is 10.6. The van der Waals surface area contributed by atoms with Crippen LogP contribution in [0.15, 0.2) is 14.7 Å². The number of rotatable bonds is 8. The number of thiophene rings is 1. The lowest BCUT2D eigenvalue weighted by molar-refractivity contribution is 0.285. The molecule has 1 aromatic rings. The summed E-state index contributed by atoms with van der Waals surface area (Å²) in [4.78, 5) is 0.827. The first kappa shape index (κ1) is 18.4. The minimum atomic E-state index is -3.55. The lowest BCUT2D eigenvalue weighted by Crippen LogP contribution is -2.39. The van der Waals surface area contributed by atoms with Gasteiger partial charge in [-0.3, -0.25) is 0 Å². The standard InChI is InChI=1S/C12H20BrNO3S3/c1-4-12(5-2,18-3)8-14-20(16,17)10-6-9(7-15)19-11(10)13/h6,14-15H,4-5,7-8H2,1-3H3. The molecule has 0 aliphatic rings. The van der Waals surface area contributed by atoms with E-state index in [9.17, 15) is 8.42 Å². The molecule has 0 aromatic carbocycles. The number of aliphatic hydroxyl groups excluding tert-OH is 1. The molecule has 0 saturated carbocycles. The molecule has 8 heteroatoms. The van der Waals surface area contributed by atoms with Crippen LogP contribution < -0.4 is 4.72 Å². The van der Waals surface area contributed by atoms with E-state index in [1.807, 2.05) is 6.26 Å². The minimum Gasteiger partial charge on any atom is -0.391 e. The fraction of sp³-hybridized carbons (Fsp3) is 0.667. The molecule has 1 heterocycles. The maximum atomic E-state index is 12.4. The van der Waals surface area contributed by atoms with Gasteiger partial charge in [-0.15, -0.1) is 11.3 Å². The molecular weight excluding hydrogens is 382 g/mol. The van der Waals surface area contributed by atoms with E-state index < -0.39 is 10.0 Å². The highest BCUT2D eigenvalue weighted by molar-refractivity contribution is 9.11. The van der Waals surface area contributed by atoms with Gasteiger partial charge in [-0.2, -0.15) is 11.8 Å². The van der Waals surface area contributed by atoms with Gasteiger partial charge in [-0.25, -0.2) is 13.1 Å². The fourth-order valence-corrected chi connectivity index (χ4v) is 6.38. The average molecular weight is 402 g/mol.